The van der Waals surface area contributed by atoms with Gasteiger partial charge in [-0.2, -0.15) is 0 Å². The first-order valence-corrected chi connectivity index (χ1v) is 5.00. The van der Waals surface area contributed by atoms with Crippen LogP contribution in [-0.4, -0.2) is 29.7 Å². The van der Waals surface area contributed by atoms with Crippen molar-refractivity contribution in [2.45, 2.75) is 13.0 Å². The van der Waals surface area contributed by atoms with Crippen LogP contribution < -0.4 is 5.32 Å². The molecule has 1 aromatic carbocycles. The van der Waals surface area contributed by atoms with Gasteiger partial charge >= 0.3 is 5.97 Å². The van der Waals surface area contributed by atoms with Gasteiger partial charge in [0.1, 0.15) is 23.9 Å². The second kappa shape index (κ2) is 6.06. The average molecular weight is 259 g/mol. The first-order chi connectivity index (χ1) is 8.41. The summed E-state index contributed by atoms with van der Waals surface area (Å²) in [5.41, 5.74) is -0.589. The molecular formula is C11H11F2NO4. The summed E-state index contributed by atoms with van der Waals surface area (Å²) in [6.07, 6.45) is -1.18. The third kappa shape index (κ3) is 3.77. The molecule has 0 aliphatic heterocycles. The molecule has 1 aromatic rings. The third-order valence-corrected chi connectivity index (χ3v) is 2.04. The lowest BCUT2D eigenvalue weighted by molar-refractivity contribution is -0.150. The number of benzene rings is 1. The topological polar surface area (TPSA) is 75.6 Å². The van der Waals surface area contributed by atoms with Crippen LogP contribution in [0.2, 0.25) is 0 Å². The molecule has 98 valence electrons. The zero-order valence-electron chi connectivity index (χ0n) is 9.44. The van der Waals surface area contributed by atoms with Crippen LogP contribution in [0, 0.1) is 11.6 Å². The van der Waals surface area contributed by atoms with Crippen LogP contribution in [0.5, 0.6) is 0 Å². The lowest BCUT2D eigenvalue weighted by atomic mass is 10.3. The number of carboxylic acid groups (broad SMARTS) is 1. The molecule has 0 saturated carbocycles. The third-order valence-electron chi connectivity index (χ3n) is 2.04. The minimum Gasteiger partial charge on any atom is -0.479 e. The molecule has 0 aliphatic rings. The second-order valence-electron chi connectivity index (χ2n) is 3.44. The number of amides is 1. The molecule has 0 aliphatic carbocycles. The number of anilines is 1. The molecule has 5 nitrogen and oxygen atoms in total. The van der Waals surface area contributed by atoms with E-state index >= 15 is 0 Å². The van der Waals surface area contributed by atoms with E-state index in [4.69, 9.17) is 5.11 Å². The van der Waals surface area contributed by atoms with Crippen LogP contribution in [0.15, 0.2) is 18.2 Å². The number of hydrogen-bond acceptors (Lipinski definition) is 3. The van der Waals surface area contributed by atoms with Gasteiger partial charge in [0, 0.05) is 0 Å². The maximum absolute atomic E-state index is 13.1. The smallest absolute Gasteiger partial charge is 0.332 e. The van der Waals surface area contributed by atoms with Crippen molar-refractivity contribution in [1.29, 1.82) is 0 Å². The Labute approximate surface area is 101 Å². The SMILES string of the molecule is C[C@@H](OCC(=O)Nc1c(F)cccc1F)C(=O)O. The van der Waals surface area contributed by atoms with E-state index < -0.39 is 41.9 Å². The van der Waals surface area contributed by atoms with E-state index in [-0.39, 0.29) is 0 Å². The molecule has 1 amide bonds. The van der Waals surface area contributed by atoms with E-state index in [0.29, 0.717) is 0 Å². The van der Waals surface area contributed by atoms with Gasteiger partial charge in [-0.15, -0.1) is 0 Å². The van der Waals surface area contributed by atoms with Gasteiger partial charge < -0.3 is 15.2 Å². The lowest BCUT2D eigenvalue weighted by Crippen LogP contribution is -2.27. The summed E-state index contributed by atoms with van der Waals surface area (Å²) in [6.45, 7) is 0.626. The largest absolute Gasteiger partial charge is 0.479 e. The summed E-state index contributed by atoms with van der Waals surface area (Å²) < 4.78 is 31.0. The first-order valence-electron chi connectivity index (χ1n) is 5.00. The minimum absolute atomic E-state index is 0.589. The summed E-state index contributed by atoms with van der Waals surface area (Å²) in [4.78, 5) is 21.7. The minimum atomic E-state index is -1.24. The van der Waals surface area contributed by atoms with Crippen LogP contribution in [0.4, 0.5) is 14.5 Å². The normalized spacial score (nSPS) is 11.9. The number of hydrogen-bond donors (Lipinski definition) is 2. The van der Waals surface area contributed by atoms with Crippen molar-refractivity contribution in [2.24, 2.45) is 0 Å². The van der Waals surface area contributed by atoms with Crippen molar-refractivity contribution in [2.75, 3.05) is 11.9 Å². The van der Waals surface area contributed by atoms with Gasteiger partial charge in [0.2, 0.25) is 0 Å². The van der Waals surface area contributed by atoms with E-state index in [1.165, 1.54) is 6.92 Å². The van der Waals surface area contributed by atoms with E-state index in [9.17, 15) is 18.4 Å². The Morgan fingerprint density at radius 2 is 1.94 bits per heavy atom. The number of ether oxygens (including phenoxy) is 1. The fourth-order valence-corrected chi connectivity index (χ4v) is 1.06. The number of carbonyl (C=O) groups is 2. The maximum atomic E-state index is 13.1. The number of nitrogens with one attached hydrogen (secondary N) is 1. The standard InChI is InChI=1S/C11H11F2NO4/c1-6(11(16)17)18-5-9(15)14-10-7(12)3-2-4-8(10)13/h2-4,6H,5H2,1H3,(H,14,15)(H,16,17)/t6-/m1/s1. The zero-order chi connectivity index (χ0) is 13.7. The second-order valence-corrected chi connectivity index (χ2v) is 3.44. The van der Waals surface area contributed by atoms with Crippen molar-refractivity contribution in [3.8, 4) is 0 Å². The molecule has 7 heteroatoms. The molecule has 0 unspecified atom stereocenters. The van der Waals surface area contributed by atoms with Crippen molar-refractivity contribution >= 4 is 17.6 Å². The summed E-state index contributed by atoms with van der Waals surface area (Å²) in [5, 5.41) is 10.5. The Morgan fingerprint density at radius 1 is 1.39 bits per heavy atom. The summed E-state index contributed by atoms with van der Waals surface area (Å²) in [6, 6.07) is 3.13. The lowest BCUT2D eigenvalue weighted by Gasteiger charge is -2.10. The highest BCUT2D eigenvalue weighted by Gasteiger charge is 2.15. The highest BCUT2D eigenvalue weighted by atomic mass is 19.1. The van der Waals surface area contributed by atoms with Crippen LogP contribution in [0.25, 0.3) is 0 Å². The molecule has 0 bridgehead atoms. The Kier molecular flexibility index (Phi) is 4.73. The number of aliphatic carboxylic acids is 1. The molecular weight excluding hydrogens is 248 g/mol. The quantitative estimate of drug-likeness (QED) is 0.837. The molecule has 0 radical (unpaired) electrons. The van der Waals surface area contributed by atoms with Crippen LogP contribution in [0.1, 0.15) is 6.92 Å². The number of carbonyl (C=O) groups excluding carboxylic acids is 1. The van der Waals surface area contributed by atoms with Gasteiger partial charge in [-0.1, -0.05) is 6.07 Å². The van der Waals surface area contributed by atoms with Crippen LogP contribution in [-0.2, 0) is 14.3 Å². The highest BCUT2D eigenvalue weighted by molar-refractivity contribution is 5.92. The molecule has 0 saturated heterocycles. The van der Waals surface area contributed by atoms with Gasteiger partial charge in [0.25, 0.3) is 5.91 Å². The van der Waals surface area contributed by atoms with Crippen molar-refractivity contribution in [1.82, 2.24) is 0 Å². The maximum Gasteiger partial charge on any atom is 0.332 e. The van der Waals surface area contributed by atoms with E-state index in [0.717, 1.165) is 18.2 Å². The van der Waals surface area contributed by atoms with Crippen LogP contribution >= 0.6 is 0 Å². The Bertz CT molecular complexity index is 444. The van der Waals surface area contributed by atoms with Gasteiger partial charge in [-0.05, 0) is 19.1 Å². The van der Waals surface area contributed by atoms with Gasteiger partial charge in [-0.3, -0.25) is 4.79 Å². The number of carboxylic acids is 1. The van der Waals surface area contributed by atoms with Crippen molar-refractivity contribution in [3.05, 3.63) is 29.8 Å². The molecule has 1 rings (SSSR count). The zero-order valence-corrected chi connectivity index (χ0v) is 9.44. The van der Waals surface area contributed by atoms with Crippen LogP contribution in [0.3, 0.4) is 0 Å². The molecule has 0 heterocycles. The Morgan fingerprint density at radius 3 is 2.44 bits per heavy atom. The van der Waals surface area contributed by atoms with Gasteiger partial charge in [0.15, 0.2) is 6.10 Å². The van der Waals surface area contributed by atoms with Gasteiger partial charge in [0.05, 0.1) is 0 Å². The average Bonchev–Trinajstić information content (AvgIpc) is 2.30. The molecule has 18 heavy (non-hydrogen) atoms. The van der Waals surface area contributed by atoms with E-state index in [1.54, 1.807) is 0 Å². The predicted molar refractivity (Wildman–Crippen MR) is 58.0 cm³/mol. The van der Waals surface area contributed by atoms with E-state index in [1.807, 2.05) is 5.32 Å². The molecule has 2 N–H and O–H groups in total. The van der Waals surface area contributed by atoms with Crippen molar-refractivity contribution < 1.29 is 28.2 Å². The first kappa shape index (κ1) is 14.0. The fraction of sp³-hybridized carbons (Fsp3) is 0.273. The number of halogens is 2. The van der Waals surface area contributed by atoms with E-state index in [2.05, 4.69) is 4.74 Å². The number of para-hydroxylation sites is 1. The summed E-state index contributed by atoms with van der Waals surface area (Å²) in [7, 11) is 0. The monoisotopic (exact) mass is 259 g/mol. The highest BCUT2D eigenvalue weighted by Crippen LogP contribution is 2.17. The summed E-state index contributed by atoms with van der Waals surface area (Å²) >= 11 is 0. The molecule has 1 atom stereocenters. The van der Waals surface area contributed by atoms with Crippen molar-refractivity contribution in [3.63, 3.8) is 0 Å². The molecule has 0 fully saturated rings. The fourth-order valence-electron chi connectivity index (χ4n) is 1.06. The summed E-state index contributed by atoms with van der Waals surface area (Å²) in [5.74, 6) is -3.92. The molecule has 0 spiro atoms. The Hall–Kier alpha value is -2.02. The number of rotatable bonds is 5. The predicted octanol–water partition coefficient (Wildman–Crippen LogP) is 1.39. The van der Waals surface area contributed by atoms with Gasteiger partial charge in [-0.25, -0.2) is 13.6 Å². The Balaban J connectivity index is 2.58. The molecule has 0 aromatic heterocycles.